The van der Waals surface area contributed by atoms with Crippen molar-refractivity contribution in [2.24, 2.45) is 5.92 Å². The van der Waals surface area contributed by atoms with Gasteiger partial charge >= 0.3 is 0 Å². The molecule has 1 aliphatic rings. The maximum Gasteiger partial charge on any atom is 0.185 e. The highest BCUT2D eigenvalue weighted by Crippen LogP contribution is 2.32. The van der Waals surface area contributed by atoms with Gasteiger partial charge in [0.2, 0.25) is 0 Å². The lowest BCUT2D eigenvalue weighted by atomic mass is 9.85. The number of nitrogens with one attached hydrogen (secondary N) is 1. The lowest BCUT2D eigenvalue weighted by molar-refractivity contribution is 0.321. The highest BCUT2D eigenvalue weighted by atomic mass is 32.1. The molecule has 0 spiro atoms. The summed E-state index contributed by atoms with van der Waals surface area (Å²) in [5.74, 6) is 0.796. The van der Waals surface area contributed by atoms with Crippen LogP contribution in [0.3, 0.4) is 0 Å². The van der Waals surface area contributed by atoms with Gasteiger partial charge in [0.15, 0.2) is 5.13 Å². The van der Waals surface area contributed by atoms with E-state index in [0.29, 0.717) is 6.04 Å². The summed E-state index contributed by atoms with van der Waals surface area (Å²) in [6.45, 7) is 6.63. The summed E-state index contributed by atoms with van der Waals surface area (Å²) in [7, 11) is 2.22. The van der Waals surface area contributed by atoms with E-state index < -0.39 is 0 Å². The predicted octanol–water partition coefficient (Wildman–Crippen LogP) is 3.66. The highest BCUT2D eigenvalue weighted by molar-refractivity contribution is 7.15. The first-order valence-corrected chi connectivity index (χ1v) is 8.42. The summed E-state index contributed by atoms with van der Waals surface area (Å²) < 4.78 is 0. The van der Waals surface area contributed by atoms with Crippen LogP contribution in [-0.4, -0.2) is 24.6 Å². The minimum atomic E-state index is 0.677. The topological polar surface area (TPSA) is 28.2 Å². The smallest absolute Gasteiger partial charge is 0.185 e. The Balaban J connectivity index is 1.93. The van der Waals surface area contributed by atoms with E-state index in [0.717, 1.165) is 19.0 Å². The quantitative estimate of drug-likeness (QED) is 0.807. The van der Waals surface area contributed by atoms with Crippen molar-refractivity contribution < 1.29 is 0 Å². The Morgan fingerprint density at radius 1 is 1.42 bits per heavy atom. The van der Waals surface area contributed by atoms with Gasteiger partial charge in [0, 0.05) is 30.7 Å². The second kappa shape index (κ2) is 7.25. The molecule has 1 heterocycles. The van der Waals surface area contributed by atoms with Gasteiger partial charge < -0.3 is 10.2 Å². The van der Waals surface area contributed by atoms with Crippen molar-refractivity contribution in [1.82, 2.24) is 10.3 Å². The molecule has 1 aromatic rings. The largest absolute Gasteiger partial charge is 0.348 e. The van der Waals surface area contributed by atoms with Crippen LogP contribution in [0.25, 0.3) is 0 Å². The number of rotatable bonds is 6. The molecule has 0 radical (unpaired) electrons. The van der Waals surface area contributed by atoms with Crippen LogP contribution in [0, 0.1) is 5.92 Å². The molecule has 1 saturated carbocycles. The van der Waals surface area contributed by atoms with Crippen molar-refractivity contribution in [3.05, 3.63) is 11.1 Å². The molecule has 4 heteroatoms. The number of aromatic nitrogens is 1. The first-order valence-electron chi connectivity index (χ1n) is 7.60. The third-order valence-corrected chi connectivity index (χ3v) is 5.22. The fraction of sp³-hybridized carbons (Fsp3) is 0.800. The molecule has 0 aliphatic heterocycles. The third kappa shape index (κ3) is 3.93. The van der Waals surface area contributed by atoms with Gasteiger partial charge in [0.05, 0.1) is 0 Å². The van der Waals surface area contributed by atoms with Crippen molar-refractivity contribution in [2.45, 2.75) is 58.5 Å². The van der Waals surface area contributed by atoms with Gasteiger partial charge in [-0.15, -0.1) is 11.3 Å². The summed E-state index contributed by atoms with van der Waals surface area (Å²) in [5, 5.41) is 4.63. The van der Waals surface area contributed by atoms with Crippen LogP contribution in [-0.2, 0) is 6.54 Å². The first kappa shape index (κ1) is 14.8. The lowest BCUT2D eigenvalue weighted by Gasteiger charge is -2.36. The second-order valence-electron chi connectivity index (χ2n) is 5.73. The van der Waals surface area contributed by atoms with Gasteiger partial charge in [-0.3, -0.25) is 0 Å². The second-order valence-corrected chi connectivity index (χ2v) is 6.82. The van der Waals surface area contributed by atoms with Gasteiger partial charge in [-0.1, -0.05) is 26.7 Å². The SMILES string of the molecule is CCCNCc1cnc(N(C)C2CCCCC2C)s1. The molecule has 1 aromatic heterocycles. The van der Waals surface area contributed by atoms with E-state index in [9.17, 15) is 0 Å². The molecule has 2 unspecified atom stereocenters. The van der Waals surface area contributed by atoms with Gasteiger partial charge in [0.25, 0.3) is 0 Å². The Morgan fingerprint density at radius 3 is 2.95 bits per heavy atom. The molecule has 108 valence electrons. The maximum atomic E-state index is 4.61. The molecule has 3 nitrogen and oxygen atoms in total. The monoisotopic (exact) mass is 281 g/mol. The van der Waals surface area contributed by atoms with E-state index in [1.165, 1.54) is 42.1 Å². The number of hydrogen-bond acceptors (Lipinski definition) is 4. The maximum absolute atomic E-state index is 4.61. The van der Waals surface area contributed by atoms with Crippen LogP contribution in [0.15, 0.2) is 6.20 Å². The first-order chi connectivity index (χ1) is 9.22. The molecule has 1 aliphatic carbocycles. The molecule has 19 heavy (non-hydrogen) atoms. The fourth-order valence-electron chi connectivity index (χ4n) is 2.94. The van der Waals surface area contributed by atoms with E-state index in [4.69, 9.17) is 0 Å². The van der Waals surface area contributed by atoms with Crippen molar-refractivity contribution >= 4 is 16.5 Å². The standard InChI is InChI=1S/C15H27N3S/c1-4-9-16-10-13-11-17-15(19-13)18(3)14-8-6-5-7-12(14)2/h11-12,14,16H,4-10H2,1-3H3. The van der Waals surface area contributed by atoms with Gasteiger partial charge in [-0.25, -0.2) is 4.98 Å². The summed E-state index contributed by atoms with van der Waals surface area (Å²) in [4.78, 5) is 8.37. The van der Waals surface area contributed by atoms with E-state index in [1.807, 2.05) is 17.5 Å². The Kier molecular flexibility index (Phi) is 5.64. The van der Waals surface area contributed by atoms with Crippen LogP contribution in [0.2, 0.25) is 0 Å². The van der Waals surface area contributed by atoms with Crippen LogP contribution >= 0.6 is 11.3 Å². The minimum absolute atomic E-state index is 0.677. The zero-order chi connectivity index (χ0) is 13.7. The Hall–Kier alpha value is -0.610. The number of nitrogens with zero attached hydrogens (tertiary/aromatic N) is 2. The van der Waals surface area contributed by atoms with Gasteiger partial charge in [-0.2, -0.15) is 0 Å². The molecule has 1 fully saturated rings. The molecule has 0 bridgehead atoms. The Labute approximate surface area is 121 Å². The molecule has 0 saturated heterocycles. The minimum Gasteiger partial charge on any atom is -0.348 e. The van der Waals surface area contributed by atoms with E-state index >= 15 is 0 Å². The van der Waals surface area contributed by atoms with Crippen LogP contribution in [0.1, 0.15) is 50.8 Å². The number of thiazole rings is 1. The van der Waals surface area contributed by atoms with Gasteiger partial charge in [-0.05, 0) is 31.7 Å². The zero-order valence-electron chi connectivity index (χ0n) is 12.5. The molecule has 1 N–H and O–H groups in total. The molecular formula is C15H27N3S. The Bertz CT molecular complexity index is 377. The zero-order valence-corrected chi connectivity index (χ0v) is 13.3. The summed E-state index contributed by atoms with van der Waals surface area (Å²) >= 11 is 1.84. The van der Waals surface area contributed by atoms with Crippen molar-refractivity contribution in [3.8, 4) is 0 Å². The average molecular weight is 281 g/mol. The van der Waals surface area contributed by atoms with E-state index in [2.05, 4.69) is 36.1 Å². The highest BCUT2D eigenvalue weighted by Gasteiger charge is 2.26. The van der Waals surface area contributed by atoms with Crippen LogP contribution < -0.4 is 10.2 Å². The molecule has 2 atom stereocenters. The third-order valence-electron chi connectivity index (χ3n) is 4.13. The normalized spacial score (nSPS) is 23.5. The molecule has 2 rings (SSSR count). The van der Waals surface area contributed by atoms with Gasteiger partial charge in [0.1, 0.15) is 0 Å². The van der Waals surface area contributed by atoms with Crippen molar-refractivity contribution in [1.29, 1.82) is 0 Å². The predicted molar refractivity (Wildman–Crippen MR) is 83.9 cm³/mol. The lowest BCUT2D eigenvalue weighted by Crippen LogP contribution is -2.38. The molecule has 0 amide bonds. The summed E-state index contributed by atoms with van der Waals surface area (Å²) in [5.41, 5.74) is 0. The number of hydrogen-bond donors (Lipinski definition) is 1. The van der Waals surface area contributed by atoms with Crippen LogP contribution in [0.5, 0.6) is 0 Å². The van der Waals surface area contributed by atoms with Crippen molar-refractivity contribution in [3.63, 3.8) is 0 Å². The van der Waals surface area contributed by atoms with E-state index in [1.54, 1.807) is 0 Å². The Morgan fingerprint density at radius 2 is 2.21 bits per heavy atom. The molecule has 0 aromatic carbocycles. The molecular weight excluding hydrogens is 254 g/mol. The summed E-state index contributed by atoms with van der Waals surface area (Å²) in [6, 6.07) is 0.677. The van der Waals surface area contributed by atoms with Crippen LogP contribution in [0.4, 0.5) is 5.13 Å². The van der Waals surface area contributed by atoms with Crippen molar-refractivity contribution in [2.75, 3.05) is 18.5 Å². The summed E-state index contributed by atoms with van der Waals surface area (Å²) in [6.07, 6.45) is 8.68. The fourth-order valence-corrected chi connectivity index (χ4v) is 3.84. The number of anilines is 1. The average Bonchev–Trinajstić information content (AvgIpc) is 2.88. The van der Waals surface area contributed by atoms with E-state index in [-0.39, 0.29) is 0 Å².